The Morgan fingerprint density at radius 3 is 2.20 bits per heavy atom. The molecule has 15 heavy (non-hydrogen) atoms. The zero-order valence-electron chi connectivity index (χ0n) is 10.2. The molecule has 0 spiro atoms. The van der Waals surface area contributed by atoms with Crippen molar-refractivity contribution in [2.24, 2.45) is 11.3 Å². The van der Waals surface area contributed by atoms with Gasteiger partial charge in [0.1, 0.15) is 0 Å². The van der Waals surface area contributed by atoms with Crippen LogP contribution in [0.1, 0.15) is 40.0 Å². The highest BCUT2D eigenvalue weighted by Crippen LogP contribution is 2.48. The third kappa shape index (κ3) is 2.80. The van der Waals surface area contributed by atoms with Crippen molar-refractivity contribution in [3.05, 3.63) is 0 Å². The summed E-state index contributed by atoms with van der Waals surface area (Å²) in [5.74, 6) is -0.800. The predicted octanol–water partition coefficient (Wildman–Crippen LogP) is 1.86. The molecule has 0 heterocycles. The van der Waals surface area contributed by atoms with Gasteiger partial charge < -0.3 is 4.90 Å². The van der Waals surface area contributed by atoms with Gasteiger partial charge in [-0.05, 0) is 24.7 Å². The molecule has 0 bridgehead atoms. The molecule has 1 fully saturated rings. The number of hydrogen-bond acceptors (Lipinski definition) is 2. The van der Waals surface area contributed by atoms with E-state index in [2.05, 4.69) is 6.92 Å². The average Bonchev–Trinajstić information content (AvgIpc) is 2.96. The number of hydrogen-bond donors (Lipinski definition) is 0. The van der Waals surface area contributed by atoms with Crippen LogP contribution >= 0.6 is 0 Å². The van der Waals surface area contributed by atoms with E-state index < -0.39 is 0 Å². The second-order valence-corrected chi connectivity index (χ2v) is 5.03. The fourth-order valence-electron chi connectivity index (χ4n) is 1.81. The molecule has 1 saturated carbocycles. The number of amides is 1. The highest BCUT2D eigenvalue weighted by molar-refractivity contribution is 6.36. The van der Waals surface area contributed by atoms with Crippen LogP contribution in [0.15, 0.2) is 0 Å². The lowest BCUT2D eigenvalue weighted by Gasteiger charge is -2.22. The first-order chi connectivity index (χ1) is 6.92. The molecule has 0 atom stereocenters. The standard InChI is InChI=1S/C12H21NO2/c1-5-12(6-7-12)8-13(4)11(15)10(14)9(2)3/h9H,5-8H2,1-4H3. The summed E-state index contributed by atoms with van der Waals surface area (Å²) in [6.07, 6.45) is 3.48. The zero-order chi connectivity index (χ0) is 11.6. The summed E-state index contributed by atoms with van der Waals surface area (Å²) >= 11 is 0. The summed E-state index contributed by atoms with van der Waals surface area (Å²) in [6.45, 7) is 6.41. The van der Waals surface area contributed by atoms with Gasteiger partial charge in [0.2, 0.25) is 5.78 Å². The van der Waals surface area contributed by atoms with E-state index >= 15 is 0 Å². The van der Waals surface area contributed by atoms with Crippen LogP contribution in [-0.2, 0) is 9.59 Å². The lowest BCUT2D eigenvalue weighted by atomic mass is 10.0. The van der Waals surface area contributed by atoms with Crippen LogP contribution in [0.2, 0.25) is 0 Å². The Labute approximate surface area is 91.8 Å². The van der Waals surface area contributed by atoms with E-state index in [1.54, 1.807) is 25.8 Å². The molecule has 0 radical (unpaired) electrons. The van der Waals surface area contributed by atoms with Gasteiger partial charge in [0, 0.05) is 19.5 Å². The van der Waals surface area contributed by atoms with Crippen LogP contribution in [0, 0.1) is 11.3 Å². The van der Waals surface area contributed by atoms with Crippen molar-refractivity contribution >= 4 is 11.7 Å². The van der Waals surface area contributed by atoms with Crippen LogP contribution in [0.25, 0.3) is 0 Å². The number of ketones is 1. The lowest BCUT2D eigenvalue weighted by molar-refractivity contribution is -0.145. The topological polar surface area (TPSA) is 37.4 Å². The normalized spacial score (nSPS) is 17.7. The maximum Gasteiger partial charge on any atom is 0.289 e. The van der Waals surface area contributed by atoms with Crippen molar-refractivity contribution in [1.82, 2.24) is 4.90 Å². The maximum absolute atomic E-state index is 11.7. The molecule has 1 rings (SSSR count). The number of nitrogens with zero attached hydrogens (tertiary/aromatic N) is 1. The minimum Gasteiger partial charge on any atom is -0.339 e. The van der Waals surface area contributed by atoms with E-state index in [-0.39, 0.29) is 17.6 Å². The second-order valence-electron chi connectivity index (χ2n) is 5.03. The minimum atomic E-state index is -0.329. The highest BCUT2D eigenvalue weighted by atomic mass is 16.2. The lowest BCUT2D eigenvalue weighted by Crippen LogP contribution is -2.39. The van der Waals surface area contributed by atoms with Gasteiger partial charge in [-0.2, -0.15) is 0 Å². The van der Waals surface area contributed by atoms with Crippen molar-refractivity contribution in [2.45, 2.75) is 40.0 Å². The van der Waals surface area contributed by atoms with Crippen molar-refractivity contribution in [2.75, 3.05) is 13.6 Å². The van der Waals surface area contributed by atoms with E-state index in [0.717, 1.165) is 13.0 Å². The summed E-state index contributed by atoms with van der Waals surface area (Å²) < 4.78 is 0. The van der Waals surface area contributed by atoms with Crippen molar-refractivity contribution in [1.29, 1.82) is 0 Å². The Hall–Kier alpha value is -0.860. The molecule has 1 amide bonds. The van der Waals surface area contributed by atoms with Gasteiger partial charge in [0.05, 0.1) is 0 Å². The van der Waals surface area contributed by atoms with Crippen LogP contribution in [0.4, 0.5) is 0 Å². The molecule has 0 aromatic carbocycles. The molecule has 86 valence electrons. The molecular weight excluding hydrogens is 190 g/mol. The third-order valence-corrected chi connectivity index (χ3v) is 3.36. The molecule has 0 unspecified atom stereocenters. The molecule has 0 N–H and O–H groups in total. The first-order valence-corrected chi connectivity index (χ1v) is 5.71. The Bertz CT molecular complexity index is 267. The SMILES string of the molecule is CCC1(CN(C)C(=O)C(=O)C(C)C)CC1. The number of rotatable bonds is 5. The molecule has 1 aliphatic rings. The molecule has 0 saturated heterocycles. The summed E-state index contributed by atoms with van der Waals surface area (Å²) in [6, 6.07) is 0. The van der Waals surface area contributed by atoms with E-state index in [4.69, 9.17) is 0 Å². The van der Waals surface area contributed by atoms with Crippen LogP contribution in [-0.4, -0.2) is 30.2 Å². The highest BCUT2D eigenvalue weighted by Gasteiger charge is 2.42. The van der Waals surface area contributed by atoms with Gasteiger partial charge in [0.15, 0.2) is 0 Å². The van der Waals surface area contributed by atoms with Gasteiger partial charge in [-0.3, -0.25) is 9.59 Å². The molecule has 0 aromatic heterocycles. The summed E-state index contributed by atoms with van der Waals surface area (Å²) in [4.78, 5) is 24.8. The fourth-order valence-corrected chi connectivity index (χ4v) is 1.81. The predicted molar refractivity (Wildman–Crippen MR) is 59.4 cm³/mol. The molecular formula is C12H21NO2. The molecule has 0 aliphatic heterocycles. The summed E-state index contributed by atoms with van der Waals surface area (Å²) in [5, 5.41) is 0. The Morgan fingerprint density at radius 1 is 1.33 bits per heavy atom. The summed E-state index contributed by atoms with van der Waals surface area (Å²) in [5.41, 5.74) is 0.321. The van der Waals surface area contributed by atoms with E-state index in [1.807, 2.05) is 0 Å². The fraction of sp³-hybridized carbons (Fsp3) is 0.833. The Balaban J connectivity index is 2.50. The monoisotopic (exact) mass is 211 g/mol. The second kappa shape index (κ2) is 4.33. The quantitative estimate of drug-likeness (QED) is 0.651. The van der Waals surface area contributed by atoms with Crippen molar-refractivity contribution in [3.8, 4) is 0 Å². The third-order valence-electron chi connectivity index (χ3n) is 3.36. The van der Waals surface area contributed by atoms with Crippen molar-refractivity contribution < 1.29 is 9.59 Å². The largest absolute Gasteiger partial charge is 0.339 e. The van der Waals surface area contributed by atoms with E-state index in [1.165, 1.54) is 12.8 Å². The molecule has 3 nitrogen and oxygen atoms in total. The van der Waals surface area contributed by atoms with Gasteiger partial charge in [-0.1, -0.05) is 20.8 Å². The average molecular weight is 211 g/mol. The van der Waals surface area contributed by atoms with Gasteiger partial charge in [-0.25, -0.2) is 0 Å². The van der Waals surface area contributed by atoms with Crippen LogP contribution < -0.4 is 0 Å². The van der Waals surface area contributed by atoms with Gasteiger partial charge in [-0.15, -0.1) is 0 Å². The number of carbonyl (C=O) groups is 2. The number of carbonyl (C=O) groups excluding carboxylic acids is 2. The number of Topliss-reactive ketones (excluding diaryl/α,β-unsaturated/α-hetero) is 1. The molecule has 0 aromatic rings. The minimum absolute atomic E-state index is 0.197. The number of likely N-dealkylation sites (N-methyl/N-ethyl adjacent to an activating group) is 1. The Kier molecular flexibility index (Phi) is 3.53. The summed E-state index contributed by atoms with van der Waals surface area (Å²) in [7, 11) is 1.73. The Morgan fingerprint density at radius 2 is 1.87 bits per heavy atom. The van der Waals surface area contributed by atoms with Crippen molar-refractivity contribution in [3.63, 3.8) is 0 Å². The van der Waals surface area contributed by atoms with Gasteiger partial charge in [0.25, 0.3) is 5.91 Å². The first kappa shape index (κ1) is 12.2. The van der Waals surface area contributed by atoms with E-state index in [9.17, 15) is 9.59 Å². The molecule has 1 aliphatic carbocycles. The smallest absolute Gasteiger partial charge is 0.289 e. The van der Waals surface area contributed by atoms with E-state index in [0.29, 0.717) is 5.41 Å². The van der Waals surface area contributed by atoms with Crippen LogP contribution in [0.3, 0.4) is 0 Å². The van der Waals surface area contributed by atoms with Gasteiger partial charge >= 0.3 is 0 Å². The molecule has 3 heteroatoms. The maximum atomic E-state index is 11.7. The zero-order valence-corrected chi connectivity index (χ0v) is 10.2. The van der Waals surface area contributed by atoms with Crippen LogP contribution in [0.5, 0.6) is 0 Å². The first-order valence-electron chi connectivity index (χ1n) is 5.71.